The Hall–Kier alpha value is -3.33. The Balaban J connectivity index is 1.77. The molecule has 0 saturated carbocycles. The predicted molar refractivity (Wildman–Crippen MR) is 106 cm³/mol. The first-order chi connectivity index (χ1) is 12.8. The van der Waals surface area contributed by atoms with Gasteiger partial charge in [-0.2, -0.15) is 0 Å². The van der Waals surface area contributed by atoms with E-state index < -0.39 is 0 Å². The molecule has 0 amide bonds. The number of methoxy groups -OCH3 is 1. The van der Waals surface area contributed by atoms with Crippen LogP contribution in [-0.4, -0.2) is 7.11 Å². The fraction of sp³-hybridized carbons (Fsp3) is 0.0870. The van der Waals surface area contributed by atoms with Gasteiger partial charge in [-0.25, -0.2) is 4.98 Å². The third kappa shape index (κ3) is 3.38. The van der Waals surface area contributed by atoms with E-state index in [9.17, 15) is 0 Å². The molecule has 1 aromatic heterocycles. The number of H-pyrrole nitrogens is 1. The second kappa shape index (κ2) is 7.28. The van der Waals surface area contributed by atoms with Gasteiger partial charge in [0, 0.05) is 23.1 Å². The van der Waals surface area contributed by atoms with Crippen molar-refractivity contribution in [3.63, 3.8) is 0 Å². The Morgan fingerprint density at radius 1 is 0.846 bits per heavy atom. The second-order valence-electron chi connectivity index (χ2n) is 6.21. The number of benzene rings is 3. The first-order valence-corrected chi connectivity index (χ1v) is 8.71. The molecule has 1 heterocycles. The summed E-state index contributed by atoms with van der Waals surface area (Å²) in [6, 6.07) is 29.2. The summed E-state index contributed by atoms with van der Waals surface area (Å²) in [5, 5.41) is 4.67. The Kier molecular flexibility index (Phi) is 4.52. The lowest BCUT2D eigenvalue weighted by Crippen LogP contribution is -2.14. The van der Waals surface area contributed by atoms with Gasteiger partial charge in [-0.1, -0.05) is 60.7 Å². The molecule has 0 aliphatic carbocycles. The Labute approximate surface area is 153 Å². The maximum Gasteiger partial charge on any atom is 0.273 e. The molecule has 3 nitrogen and oxygen atoms in total. The number of pyridine rings is 1. The van der Waals surface area contributed by atoms with E-state index >= 15 is 0 Å². The minimum atomic E-state index is 0.765. The Morgan fingerprint density at radius 3 is 2.31 bits per heavy atom. The molecule has 4 rings (SSSR count). The fourth-order valence-corrected chi connectivity index (χ4v) is 3.14. The zero-order chi connectivity index (χ0) is 17.8. The van der Waals surface area contributed by atoms with E-state index in [1.54, 1.807) is 7.11 Å². The molecular weight excluding hydrogens is 320 g/mol. The van der Waals surface area contributed by atoms with Crippen molar-refractivity contribution < 1.29 is 9.72 Å². The van der Waals surface area contributed by atoms with Crippen LogP contribution in [-0.2, 0) is 6.54 Å². The van der Waals surface area contributed by atoms with Crippen LogP contribution in [0.4, 0.5) is 5.82 Å². The monoisotopic (exact) mass is 341 g/mol. The molecule has 3 heteroatoms. The molecule has 0 unspecified atom stereocenters. The van der Waals surface area contributed by atoms with Gasteiger partial charge in [0.15, 0.2) is 0 Å². The summed E-state index contributed by atoms with van der Waals surface area (Å²) in [7, 11) is 1.69. The van der Waals surface area contributed by atoms with Crippen molar-refractivity contribution in [3.05, 3.63) is 90.5 Å². The highest BCUT2D eigenvalue weighted by atomic mass is 16.5. The molecule has 128 valence electrons. The predicted octanol–water partition coefficient (Wildman–Crippen LogP) is 4.94. The number of aromatic nitrogens is 1. The third-order valence-electron chi connectivity index (χ3n) is 4.49. The summed E-state index contributed by atoms with van der Waals surface area (Å²) >= 11 is 0. The van der Waals surface area contributed by atoms with E-state index in [1.165, 1.54) is 22.1 Å². The largest absolute Gasteiger partial charge is 0.497 e. The maximum absolute atomic E-state index is 5.40. The van der Waals surface area contributed by atoms with Gasteiger partial charge < -0.3 is 4.74 Å². The lowest BCUT2D eigenvalue weighted by molar-refractivity contribution is -0.327. The second-order valence-corrected chi connectivity index (χ2v) is 6.21. The Morgan fingerprint density at radius 2 is 1.58 bits per heavy atom. The molecule has 0 spiro atoms. The summed E-state index contributed by atoms with van der Waals surface area (Å²) in [5.74, 6) is 1.82. The van der Waals surface area contributed by atoms with Gasteiger partial charge in [0.05, 0.1) is 7.11 Å². The van der Waals surface area contributed by atoms with Gasteiger partial charge in [-0.15, -0.1) is 0 Å². The minimum absolute atomic E-state index is 0.765. The van der Waals surface area contributed by atoms with Gasteiger partial charge in [-0.05, 0) is 23.3 Å². The van der Waals surface area contributed by atoms with Crippen molar-refractivity contribution in [1.29, 1.82) is 0 Å². The summed E-state index contributed by atoms with van der Waals surface area (Å²) < 4.78 is 5.40. The van der Waals surface area contributed by atoms with Crippen LogP contribution in [0.3, 0.4) is 0 Å². The number of hydrogen-bond donors (Lipinski definition) is 1. The van der Waals surface area contributed by atoms with E-state index in [1.807, 2.05) is 24.3 Å². The van der Waals surface area contributed by atoms with Crippen LogP contribution >= 0.6 is 0 Å². The maximum atomic E-state index is 5.40. The van der Waals surface area contributed by atoms with Crippen LogP contribution in [0.15, 0.2) is 84.9 Å². The molecule has 2 N–H and O–H groups in total. The minimum Gasteiger partial charge on any atom is -0.497 e. The standard InChI is InChI=1S/C23H20N2O/c1-26-19-12-13-20-21(18-10-6-3-7-11-18)15-23(25-22(20)14-19)24-16-17-8-4-2-5-9-17/h2-15H,16H2,1H3,(H,24,25)/p+1. The summed E-state index contributed by atoms with van der Waals surface area (Å²) in [5.41, 5.74) is 4.67. The molecule has 0 aliphatic rings. The van der Waals surface area contributed by atoms with Gasteiger partial charge in [0.2, 0.25) is 0 Å². The number of nitrogens with one attached hydrogen (secondary N) is 2. The quantitative estimate of drug-likeness (QED) is 0.558. The molecular formula is C23H21N2O+. The molecule has 26 heavy (non-hydrogen) atoms. The number of hydrogen-bond acceptors (Lipinski definition) is 2. The molecule has 4 aromatic rings. The zero-order valence-electron chi connectivity index (χ0n) is 14.7. The Bertz CT molecular complexity index is 1010. The first-order valence-electron chi connectivity index (χ1n) is 8.71. The van der Waals surface area contributed by atoms with Crippen LogP contribution < -0.4 is 15.0 Å². The SMILES string of the molecule is COc1ccc2c(-c3ccccc3)cc(NCc3ccccc3)[nH+]c2c1. The topological polar surface area (TPSA) is 35.4 Å². The molecule has 0 saturated heterocycles. The van der Waals surface area contributed by atoms with Crippen molar-refractivity contribution in [2.24, 2.45) is 0 Å². The number of anilines is 1. The lowest BCUT2D eigenvalue weighted by atomic mass is 10.0. The van der Waals surface area contributed by atoms with Crippen molar-refractivity contribution in [1.82, 2.24) is 0 Å². The van der Waals surface area contributed by atoms with Gasteiger partial charge in [-0.3, -0.25) is 5.32 Å². The average molecular weight is 341 g/mol. The van der Waals surface area contributed by atoms with Crippen molar-refractivity contribution in [2.45, 2.75) is 6.54 Å². The van der Waals surface area contributed by atoms with Crippen LogP contribution in [0.1, 0.15) is 5.56 Å². The molecule has 0 fully saturated rings. The number of ether oxygens (including phenoxy) is 1. The first kappa shape index (κ1) is 16.2. The summed E-state index contributed by atoms with van der Waals surface area (Å²) in [4.78, 5) is 3.49. The number of rotatable bonds is 5. The fourth-order valence-electron chi connectivity index (χ4n) is 3.14. The van der Waals surface area contributed by atoms with Gasteiger partial charge in [0.1, 0.15) is 17.8 Å². The smallest absolute Gasteiger partial charge is 0.273 e. The third-order valence-corrected chi connectivity index (χ3v) is 4.49. The molecule has 0 aliphatic heterocycles. The number of fused-ring (bicyclic) bond motifs is 1. The lowest BCUT2D eigenvalue weighted by Gasteiger charge is -2.09. The highest BCUT2D eigenvalue weighted by Gasteiger charge is 2.12. The van der Waals surface area contributed by atoms with Crippen LogP contribution in [0, 0.1) is 0 Å². The van der Waals surface area contributed by atoms with E-state index in [2.05, 4.69) is 71.0 Å². The van der Waals surface area contributed by atoms with E-state index in [0.29, 0.717) is 0 Å². The van der Waals surface area contributed by atoms with Crippen LogP contribution in [0.25, 0.3) is 22.0 Å². The average Bonchev–Trinajstić information content (AvgIpc) is 2.72. The highest BCUT2D eigenvalue weighted by molar-refractivity contribution is 5.94. The van der Waals surface area contributed by atoms with Crippen molar-refractivity contribution >= 4 is 16.7 Å². The van der Waals surface area contributed by atoms with E-state index in [4.69, 9.17) is 4.74 Å². The van der Waals surface area contributed by atoms with Gasteiger partial charge in [0.25, 0.3) is 5.82 Å². The van der Waals surface area contributed by atoms with Crippen LogP contribution in [0.5, 0.6) is 5.75 Å². The zero-order valence-corrected chi connectivity index (χ0v) is 14.7. The van der Waals surface area contributed by atoms with Crippen molar-refractivity contribution in [3.8, 4) is 16.9 Å². The normalized spacial score (nSPS) is 10.7. The summed E-state index contributed by atoms with van der Waals surface area (Å²) in [6.07, 6.45) is 0. The highest BCUT2D eigenvalue weighted by Crippen LogP contribution is 2.30. The molecule has 0 bridgehead atoms. The molecule has 3 aromatic carbocycles. The molecule has 0 radical (unpaired) electrons. The molecule has 0 atom stereocenters. The van der Waals surface area contributed by atoms with Gasteiger partial charge >= 0.3 is 0 Å². The van der Waals surface area contributed by atoms with E-state index in [-0.39, 0.29) is 0 Å². The number of aromatic amines is 1. The van der Waals surface area contributed by atoms with Crippen molar-refractivity contribution in [2.75, 3.05) is 12.4 Å². The van der Waals surface area contributed by atoms with E-state index in [0.717, 1.165) is 23.6 Å². The summed E-state index contributed by atoms with van der Waals surface area (Å²) in [6.45, 7) is 0.765. The van der Waals surface area contributed by atoms with Crippen LogP contribution in [0.2, 0.25) is 0 Å².